The van der Waals surface area contributed by atoms with Crippen molar-refractivity contribution >= 4 is 5.91 Å². The van der Waals surface area contributed by atoms with Crippen molar-refractivity contribution in [2.24, 2.45) is 0 Å². The van der Waals surface area contributed by atoms with E-state index in [1.165, 1.54) is 0 Å². The van der Waals surface area contributed by atoms with E-state index in [1.54, 1.807) is 0 Å². The molecule has 1 aliphatic heterocycles. The Hall–Kier alpha value is -0.530. The van der Waals surface area contributed by atoms with Crippen molar-refractivity contribution in [3.05, 3.63) is 0 Å². The summed E-state index contributed by atoms with van der Waals surface area (Å²) in [5.41, 5.74) is 0. The molecule has 0 aliphatic carbocycles. The van der Waals surface area contributed by atoms with Gasteiger partial charge in [0.2, 0.25) is 5.91 Å². The van der Waals surface area contributed by atoms with E-state index in [0.717, 1.165) is 0 Å². The monoisotopic (exact) mass is 104 g/mol. The second kappa shape index (κ2) is 1.52. The minimum Gasteiger partial charge on any atom is -0.346 e. The first-order valence-electron chi connectivity index (χ1n) is 4.58. The highest BCUT2D eigenvalue weighted by Gasteiger charge is 2.14. The molecule has 0 saturated carbocycles. The first-order valence-corrected chi connectivity index (χ1v) is 2.08. The van der Waals surface area contributed by atoms with E-state index in [2.05, 4.69) is 0 Å². The topological polar surface area (TPSA) is 20.3 Å². The fraction of sp³-hybridized carbons (Fsp3) is 0.800. The molecule has 7 heavy (non-hydrogen) atoms. The molecular formula is C5H9NO. The Morgan fingerprint density at radius 3 is 3.29 bits per heavy atom. The summed E-state index contributed by atoms with van der Waals surface area (Å²) in [5.74, 6) is -0.639. The molecule has 1 rings (SSSR count). The number of hydrogen-bond donors (Lipinski definition) is 0. The second-order valence-corrected chi connectivity index (χ2v) is 1.39. The van der Waals surface area contributed by atoms with E-state index < -0.39 is 19.4 Å². The highest BCUT2D eigenvalue weighted by molar-refractivity contribution is 5.77. The van der Waals surface area contributed by atoms with Crippen LogP contribution in [-0.4, -0.2) is 24.3 Å². The maximum absolute atomic E-state index is 11.0. The third-order valence-corrected chi connectivity index (χ3v) is 0.858. The molecule has 1 amide bonds. The van der Waals surface area contributed by atoms with Crippen LogP contribution >= 0.6 is 0 Å². The summed E-state index contributed by atoms with van der Waals surface area (Å²) < 4.78 is 35.2. The molecule has 0 unspecified atom stereocenters. The van der Waals surface area contributed by atoms with E-state index >= 15 is 0 Å². The Balaban J connectivity index is 2.93. The molecule has 0 spiro atoms. The number of nitrogens with zero attached hydrogens (tertiary/aromatic N) is 1. The molecule has 1 fully saturated rings. The van der Waals surface area contributed by atoms with Gasteiger partial charge in [-0.1, -0.05) is 0 Å². The van der Waals surface area contributed by atoms with E-state index in [-0.39, 0.29) is 12.8 Å². The molecule has 1 heterocycles. The van der Waals surface area contributed by atoms with Crippen molar-refractivity contribution in [2.45, 2.75) is 12.8 Å². The summed E-state index contributed by atoms with van der Waals surface area (Å²) in [7, 11) is 0. The Bertz CT molecular complexity index is 210. The zero-order chi connectivity index (χ0) is 9.57. The van der Waals surface area contributed by atoms with Crippen LogP contribution in [0.15, 0.2) is 0 Å². The van der Waals surface area contributed by atoms with Crippen molar-refractivity contribution in [3.63, 3.8) is 0 Å². The molecule has 1 aliphatic rings. The highest BCUT2D eigenvalue weighted by Crippen LogP contribution is 2.04. The van der Waals surface area contributed by atoms with Crippen molar-refractivity contribution in [3.8, 4) is 0 Å². The molecule has 0 N–H and O–H groups in total. The van der Waals surface area contributed by atoms with E-state index in [9.17, 15) is 4.79 Å². The molecule has 0 aromatic heterocycles. The molecule has 0 radical (unpaired) electrons. The van der Waals surface area contributed by atoms with Crippen molar-refractivity contribution < 1.29 is 11.6 Å². The average Bonchev–Trinajstić information content (AvgIpc) is 2.03. The van der Waals surface area contributed by atoms with Gasteiger partial charge < -0.3 is 4.90 Å². The summed E-state index contributed by atoms with van der Waals surface area (Å²) in [6.07, 6.45) is -0.0599. The molecule has 2 nitrogen and oxygen atoms in total. The van der Waals surface area contributed by atoms with Crippen LogP contribution in [-0.2, 0) is 4.79 Å². The lowest BCUT2D eigenvalue weighted by atomic mass is 10.4. The van der Waals surface area contributed by atoms with Crippen LogP contribution in [0.4, 0.5) is 0 Å². The van der Waals surface area contributed by atoms with Gasteiger partial charge in [0.1, 0.15) is 0 Å². The fourth-order valence-corrected chi connectivity index (χ4v) is 0.475. The summed E-state index contributed by atoms with van der Waals surface area (Å²) in [5, 5.41) is 0. The van der Waals surface area contributed by atoms with E-state index in [1.807, 2.05) is 0 Å². The van der Waals surface area contributed by atoms with Crippen LogP contribution in [0.3, 0.4) is 0 Å². The second-order valence-electron chi connectivity index (χ2n) is 1.39. The molecule has 0 bridgehead atoms. The average molecular weight is 104 g/mol. The van der Waals surface area contributed by atoms with Crippen molar-refractivity contribution in [2.75, 3.05) is 13.5 Å². The molecular weight excluding hydrogens is 90.1 g/mol. The quantitative estimate of drug-likeness (QED) is 0.431. The zero-order valence-electron chi connectivity index (χ0n) is 8.77. The third kappa shape index (κ3) is 0.734. The van der Waals surface area contributed by atoms with E-state index in [0.29, 0.717) is 4.90 Å². The van der Waals surface area contributed by atoms with Gasteiger partial charge >= 0.3 is 0 Å². The predicted molar refractivity (Wildman–Crippen MR) is 26.9 cm³/mol. The lowest BCUT2D eigenvalue weighted by Gasteiger charge is -2.03. The lowest BCUT2D eigenvalue weighted by molar-refractivity contribution is -0.126. The molecule has 0 aromatic carbocycles. The molecule has 40 valence electrons. The van der Waals surface area contributed by atoms with Crippen LogP contribution in [0.1, 0.15) is 19.7 Å². The number of hydrogen-bond acceptors (Lipinski definition) is 1. The van der Waals surface area contributed by atoms with Crippen LogP contribution in [0.5, 0.6) is 0 Å². The maximum Gasteiger partial charge on any atom is 0.222 e. The van der Waals surface area contributed by atoms with Gasteiger partial charge in [0.25, 0.3) is 0 Å². The first-order chi connectivity index (χ1) is 5.25. The SMILES string of the molecule is [2H]C([2H])([2H])N1C(=O)CCC1([2H])[2H]. The Morgan fingerprint density at radius 1 is 2.14 bits per heavy atom. The lowest BCUT2D eigenvalue weighted by Crippen LogP contribution is -2.17. The van der Waals surface area contributed by atoms with Gasteiger partial charge in [0.05, 0.1) is 0 Å². The zero-order valence-corrected chi connectivity index (χ0v) is 3.77. The van der Waals surface area contributed by atoms with Crippen molar-refractivity contribution in [1.82, 2.24) is 4.90 Å². The molecule has 0 atom stereocenters. The third-order valence-electron chi connectivity index (χ3n) is 0.858. The van der Waals surface area contributed by atoms with Crippen LogP contribution in [0.25, 0.3) is 0 Å². The summed E-state index contributed by atoms with van der Waals surface area (Å²) >= 11 is 0. The number of amides is 1. The van der Waals surface area contributed by atoms with Crippen LogP contribution in [0.2, 0.25) is 0 Å². The van der Waals surface area contributed by atoms with Crippen molar-refractivity contribution in [1.29, 1.82) is 0 Å². The van der Waals surface area contributed by atoms with Gasteiger partial charge in [-0.05, 0) is 6.42 Å². The summed E-state index contributed by atoms with van der Waals surface area (Å²) in [4.78, 5) is 11.3. The fourth-order valence-electron chi connectivity index (χ4n) is 0.475. The Kier molecular flexibility index (Phi) is 0.320. The summed E-state index contributed by atoms with van der Waals surface area (Å²) in [6, 6.07) is 0. The first kappa shape index (κ1) is 1.47. The summed E-state index contributed by atoms with van der Waals surface area (Å²) in [6.45, 7) is -4.67. The molecule has 1 saturated heterocycles. The largest absolute Gasteiger partial charge is 0.346 e. The minimum absolute atomic E-state index is 0.0224. The molecule has 0 aromatic rings. The van der Waals surface area contributed by atoms with Gasteiger partial charge in [-0.25, -0.2) is 0 Å². The van der Waals surface area contributed by atoms with Gasteiger partial charge in [-0.2, -0.15) is 0 Å². The van der Waals surface area contributed by atoms with Crippen LogP contribution < -0.4 is 0 Å². The van der Waals surface area contributed by atoms with E-state index in [4.69, 9.17) is 6.85 Å². The van der Waals surface area contributed by atoms with Gasteiger partial charge in [-0.15, -0.1) is 0 Å². The van der Waals surface area contributed by atoms with Crippen LogP contribution in [0, 0.1) is 0 Å². The minimum atomic E-state index is -2.66. The Labute approximate surface area is 50.1 Å². The molecule has 2 heteroatoms. The number of likely N-dealkylation sites (tertiary alicyclic amines) is 1. The number of carbonyl (C=O) groups is 1. The maximum atomic E-state index is 11.0. The predicted octanol–water partition coefficient (Wildman–Crippen LogP) is 0.239. The number of rotatable bonds is 0. The smallest absolute Gasteiger partial charge is 0.222 e. The van der Waals surface area contributed by atoms with Gasteiger partial charge in [0.15, 0.2) is 0 Å². The number of carbonyl (C=O) groups excluding carboxylic acids is 1. The van der Waals surface area contributed by atoms with Gasteiger partial charge in [-0.3, -0.25) is 4.79 Å². The van der Waals surface area contributed by atoms with Gasteiger partial charge in [0, 0.05) is 26.7 Å². The Morgan fingerprint density at radius 2 is 3.00 bits per heavy atom. The normalized spacial score (nSPS) is 40.9. The highest BCUT2D eigenvalue weighted by atomic mass is 16.2. The standard InChI is InChI=1S/C5H9NO/c1-6-4-2-3-5(6)7/h2-4H2,1H3/i1D3,4D2.